The minimum absolute atomic E-state index is 0.0484. The number of nitrogens with two attached hydrogens (primary N) is 1. The molecule has 0 radical (unpaired) electrons. The quantitative estimate of drug-likeness (QED) is 0.110. The van der Waals surface area contributed by atoms with Crippen LogP contribution in [-0.2, 0) is 9.59 Å². The number of amidine groups is 1. The number of nitrogen functional groups attached to an aromatic ring is 1. The summed E-state index contributed by atoms with van der Waals surface area (Å²) in [5.74, 6) is 0.0578. The molecule has 2 aromatic carbocycles. The van der Waals surface area contributed by atoms with Crippen molar-refractivity contribution in [1.29, 1.82) is 5.41 Å². The molecular formula is C27H31N9O6. The Kier molecular flexibility index (Phi) is 10.7. The third-order valence-corrected chi connectivity index (χ3v) is 5.40. The number of benzene rings is 2. The van der Waals surface area contributed by atoms with E-state index in [1.165, 1.54) is 19.4 Å². The number of carboxylic acid groups (broad SMARTS) is 1. The Balaban J connectivity index is 0.00000114. The zero-order chi connectivity index (χ0) is 30.6. The molecule has 0 spiro atoms. The highest BCUT2D eigenvalue weighted by molar-refractivity contribution is 5.95. The molecule has 7 N–H and O–H groups in total. The van der Waals surface area contributed by atoms with E-state index in [2.05, 4.69) is 30.7 Å². The summed E-state index contributed by atoms with van der Waals surface area (Å²) in [7, 11) is 1.53. The van der Waals surface area contributed by atoms with Crippen LogP contribution in [0.5, 0.6) is 11.5 Å². The van der Waals surface area contributed by atoms with Gasteiger partial charge in [-0.3, -0.25) is 20.0 Å². The number of aromatic amines is 1. The largest absolute Gasteiger partial charge is 0.490 e. The molecule has 1 unspecified atom stereocenters. The van der Waals surface area contributed by atoms with E-state index < -0.39 is 17.7 Å². The molecule has 1 amide bonds. The lowest BCUT2D eigenvalue weighted by atomic mass is 10.0. The van der Waals surface area contributed by atoms with Crippen LogP contribution in [-0.4, -0.2) is 67.8 Å². The molecule has 4 aromatic rings. The molecule has 0 saturated carbocycles. The van der Waals surface area contributed by atoms with Gasteiger partial charge in [0, 0.05) is 37.6 Å². The fraction of sp³-hybridized carbons (Fsp3) is 0.222. The van der Waals surface area contributed by atoms with E-state index in [4.69, 9.17) is 30.5 Å². The Morgan fingerprint density at radius 1 is 1.12 bits per heavy atom. The van der Waals surface area contributed by atoms with Gasteiger partial charge in [0.05, 0.1) is 6.61 Å². The van der Waals surface area contributed by atoms with Crippen molar-refractivity contribution in [2.75, 3.05) is 25.6 Å². The van der Waals surface area contributed by atoms with Crippen molar-refractivity contribution in [3.63, 3.8) is 0 Å². The summed E-state index contributed by atoms with van der Waals surface area (Å²) in [5, 5.41) is 25.4. The Labute approximate surface area is 240 Å². The number of amides is 1. The summed E-state index contributed by atoms with van der Waals surface area (Å²) in [6.07, 6.45) is 3.03. The smallest absolute Gasteiger partial charge is 0.350 e. The number of hydrogen-bond donors (Lipinski definition) is 6. The SMILES string of the molecule is CC(=O)O.CCOc1cc(C(Nc2ccc(C(=N)N)cc2)c2nn(-c3ncccn3)c(=O)[nH]2)ccc1OCC(=O)NC. The molecule has 1 atom stereocenters. The van der Waals surface area contributed by atoms with Gasteiger partial charge in [-0.25, -0.2) is 14.8 Å². The van der Waals surface area contributed by atoms with Crippen molar-refractivity contribution < 1.29 is 24.2 Å². The number of carboxylic acids is 1. The first-order chi connectivity index (χ1) is 20.1. The first-order valence-corrected chi connectivity index (χ1v) is 12.6. The number of carbonyl (C=O) groups is 2. The monoisotopic (exact) mass is 577 g/mol. The maximum absolute atomic E-state index is 12.8. The van der Waals surface area contributed by atoms with Gasteiger partial charge in [-0.05, 0) is 55.0 Å². The van der Waals surface area contributed by atoms with Crippen LogP contribution in [0.2, 0.25) is 0 Å². The van der Waals surface area contributed by atoms with Crippen LogP contribution in [0.1, 0.15) is 36.8 Å². The predicted molar refractivity (Wildman–Crippen MR) is 153 cm³/mol. The summed E-state index contributed by atoms with van der Waals surface area (Å²) >= 11 is 0. The highest BCUT2D eigenvalue weighted by atomic mass is 16.5. The zero-order valence-electron chi connectivity index (χ0n) is 23.1. The summed E-state index contributed by atoms with van der Waals surface area (Å²) in [6, 6.07) is 13.2. The van der Waals surface area contributed by atoms with E-state index in [0.29, 0.717) is 40.7 Å². The number of anilines is 1. The number of aliphatic carboxylic acids is 1. The minimum atomic E-state index is -0.833. The first kappa shape index (κ1) is 30.8. The van der Waals surface area contributed by atoms with Gasteiger partial charge >= 0.3 is 5.69 Å². The van der Waals surface area contributed by atoms with Crippen molar-refractivity contribution in [1.82, 2.24) is 30.0 Å². The molecule has 0 bridgehead atoms. The van der Waals surface area contributed by atoms with E-state index >= 15 is 0 Å². The number of hydrogen-bond acceptors (Lipinski definition) is 10. The molecule has 0 aliphatic carbocycles. The highest BCUT2D eigenvalue weighted by Gasteiger charge is 2.23. The summed E-state index contributed by atoms with van der Waals surface area (Å²) in [6.45, 7) is 3.11. The fourth-order valence-electron chi connectivity index (χ4n) is 3.54. The number of aromatic nitrogens is 5. The van der Waals surface area contributed by atoms with Crippen molar-refractivity contribution >= 4 is 23.4 Å². The lowest BCUT2D eigenvalue weighted by molar-refractivity contribution is -0.134. The lowest BCUT2D eigenvalue weighted by Crippen LogP contribution is -2.25. The molecule has 0 aliphatic heterocycles. The Morgan fingerprint density at radius 2 is 1.79 bits per heavy atom. The number of rotatable bonds is 11. The van der Waals surface area contributed by atoms with E-state index in [1.54, 1.807) is 48.5 Å². The maximum Gasteiger partial charge on any atom is 0.350 e. The van der Waals surface area contributed by atoms with Gasteiger partial charge < -0.3 is 30.9 Å². The molecule has 0 saturated heterocycles. The second-order valence-corrected chi connectivity index (χ2v) is 8.46. The zero-order valence-corrected chi connectivity index (χ0v) is 23.1. The fourth-order valence-corrected chi connectivity index (χ4v) is 3.54. The second-order valence-electron chi connectivity index (χ2n) is 8.46. The van der Waals surface area contributed by atoms with E-state index in [-0.39, 0.29) is 24.3 Å². The number of nitrogens with zero attached hydrogens (tertiary/aromatic N) is 4. The Hall–Kier alpha value is -5.73. The van der Waals surface area contributed by atoms with Gasteiger partial charge in [0.25, 0.3) is 17.8 Å². The third-order valence-electron chi connectivity index (χ3n) is 5.40. The standard InChI is InChI=1S/C25H27N9O4.C2H4O2/c1-3-37-19-13-16(7-10-18(19)38-14-20(35)28-2)21(31-17-8-5-15(6-9-17)22(26)27)23-32-25(36)34(33-23)24-29-11-4-12-30-24;1-2(3)4/h4-13,21,31H,3,14H2,1-2H3,(H3,26,27)(H,28,35)(H,32,33,36);1H3,(H,3,4). The molecule has 15 nitrogen and oxygen atoms in total. The molecule has 15 heteroatoms. The third kappa shape index (κ3) is 8.38. The van der Waals surface area contributed by atoms with Crippen LogP contribution >= 0.6 is 0 Å². The number of H-pyrrole nitrogens is 1. The number of likely N-dealkylation sites (N-methyl/N-ethyl adjacent to an activating group) is 1. The van der Waals surface area contributed by atoms with Crippen LogP contribution in [0, 0.1) is 5.41 Å². The first-order valence-electron chi connectivity index (χ1n) is 12.6. The summed E-state index contributed by atoms with van der Waals surface area (Å²) in [4.78, 5) is 44.4. The van der Waals surface area contributed by atoms with Crippen LogP contribution < -0.4 is 31.5 Å². The molecular weight excluding hydrogens is 546 g/mol. The number of carbonyl (C=O) groups excluding carboxylic acids is 1. The molecule has 2 aromatic heterocycles. The average molecular weight is 578 g/mol. The summed E-state index contributed by atoms with van der Waals surface area (Å²) < 4.78 is 12.5. The molecule has 220 valence electrons. The average Bonchev–Trinajstić information content (AvgIpc) is 3.36. The molecule has 0 fully saturated rings. The van der Waals surface area contributed by atoms with Gasteiger partial charge in [-0.2, -0.15) is 0 Å². The van der Waals surface area contributed by atoms with Crippen molar-refractivity contribution in [3.8, 4) is 17.4 Å². The predicted octanol–water partition coefficient (Wildman–Crippen LogP) is 1.45. The summed E-state index contributed by atoms with van der Waals surface area (Å²) in [5.41, 5.74) is 7.01. The topological polar surface area (TPSA) is 223 Å². The van der Waals surface area contributed by atoms with Crippen LogP contribution in [0.15, 0.2) is 65.7 Å². The van der Waals surface area contributed by atoms with E-state index in [0.717, 1.165) is 11.6 Å². The molecule has 4 rings (SSSR count). The second kappa shape index (κ2) is 14.6. The van der Waals surface area contributed by atoms with Crippen molar-refractivity contribution in [3.05, 3.63) is 88.4 Å². The van der Waals surface area contributed by atoms with Crippen LogP contribution in [0.4, 0.5) is 5.69 Å². The molecule has 0 aliphatic rings. The van der Waals surface area contributed by atoms with Crippen LogP contribution in [0.3, 0.4) is 0 Å². The lowest BCUT2D eigenvalue weighted by Gasteiger charge is -2.20. The number of nitrogens with one attached hydrogen (secondary N) is 4. The van der Waals surface area contributed by atoms with E-state index in [1.807, 2.05) is 6.92 Å². The Bertz CT molecular complexity index is 1570. The highest BCUT2D eigenvalue weighted by Crippen LogP contribution is 2.33. The molecule has 2 heterocycles. The number of ether oxygens (including phenoxy) is 2. The van der Waals surface area contributed by atoms with E-state index in [9.17, 15) is 9.59 Å². The normalized spacial score (nSPS) is 10.9. The van der Waals surface area contributed by atoms with Gasteiger partial charge in [0.15, 0.2) is 23.9 Å². The van der Waals surface area contributed by atoms with Crippen LogP contribution in [0.25, 0.3) is 5.95 Å². The van der Waals surface area contributed by atoms with Crippen molar-refractivity contribution in [2.24, 2.45) is 5.73 Å². The minimum Gasteiger partial charge on any atom is -0.490 e. The van der Waals surface area contributed by atoms with Gasteiger partial charge in [0.2, 0.25) is 0 Å². The van der Waals surface area contributed by atoms with Gasteiger partial charge in [-0.1, -0.05) is 6.07 Å². The van der Waals surface area contributed by atoms with Gasteiger partial charge in [0.1, 0.15) is 11.9 Å². The molecule has 42 heavy (non-hydrogen) atoms. The maximum atomic E-state index is 12.8. The Morgan fingerprint density at radius 3 is 2.38 bits per heavy atom. The van der Waals surface area contributed by atoms with Crippen molar-refractivity contribution in [2.45, 2.75) is 19.9 Å². The van der Waals surface area contributed by atoms with Gasteiger partial charge in [-0.15, -0.1) is 9.78 Å².